The van der Waals surface area contributed by atoms with Crippen molar-refractivity contribution >= 4 is 5.96 Å². The number of ether oxygens (including phenoxy) is 2. The fourth-order valence-electron chi connectivity index (χ4n) is 2.32. The first kappa shape index (κ1) is 16.5. The van der Waals surface area contributed by atoms with Crippen molar-refractivity contribution in [3.05, 3.63) is 23.8 Å². The molecule has 0 amide bonds. The van der Waals surface area contributed by atoms with Crippen LogP contribution in [0.2, 0.25) is 0 Å². The van der Waals surface area contributed by atoms with Gasteiger partial charge in [0, 0.05) is 6.54 Å². The van der Waals surface area contributed by atoms with E-state index in [1.54, 1.807) is 7.11 Å². The van der Waals surface area contributed by atoms with Gasteiger partial charge in [-0.25, -0.2) is 4.99 Å². The van der Waals surface area contributed by atoms with Crippen LogP contribution >= 0.6 is 0 Å². The maximum atomic E-state index is 5.90. The maximum absolute atomic E-state index is 5.90. The molecule has 0 heterocycles. The molecule has 1 aliphatic carbocycles. The Labute approximate surface area is 132 Å². The predicted molar refractivity (Wildman–Crippen MR) is 89.5 cm³/mol. The van der Waals surface area contributed by atoms with Crippen molar-refractivity contribution in [3.8, 4) is 11.5 Å². The van der Waals surface area contributed by atoms with E-state index in [-0.39, 0.29) is 0 Å². The van der Waals surface area contributed by atoms with Crippen LogP contribution in [0.4, 0.5) is 0 Å². The molecule has 22 heavy (non-hydrogen) atoms. The minimum Gasteiger partial charge on any atom is -0.493 e. The van der Waals surface area contributed by atoms with E-state index in [9.17, 15) is 0 Å². The number of hydrogen-bond donors (Lipinski definition) is 2. The zero-order chi connectivity index (χ0) is 15.8. The predicted octanol–water partition coefficient (Wildman–Crippen LogP) is 2.69. The van der Waals surface area contributed by atoms with Gasteiger partial charge in [-0.3, -0.25) is 0 Å². The summed E-state index contributed by atoms with van der Waals surface area (Å²) in [5, 5.41) is 3.19. The number of nitrogens with two attached hydrogens (primary N) is 1. The van der Waals surface area contributed by atoms with E-state index in [1.165, 1.54) is 19.3 Å². The Morgan fingerprint density at radius 2 is 2.18 bits per heavy atom. The van der Waals surface area contributed by atoms with Crippen molar-refractivity contribution in [2.75, 3.05) is 20.3 Å². The van der Waals surface area contributed by atoms with Crippen molar-refractivity contribution in [1.29, 1.82) is 0 Å². The highest BCUT2D eigenvalue weighted by molar-refractivity contribution is 5.77. The highest BCUT2D eigenvalue weighted by Gasteiger charge is 2.16. The van der Waals surface area contributed by atoms with Crippen LogP contribution < -0.4 is 20.5 Å². The second kappa shape index (κ2) is 8.51. The van der Waals surface area contributed by atoms with Crippen molar-refractivity contribution in [2.45, 2.75) is 39.2 Å². The lowest BCUT2D eigenvalue weighted by Crippen LogP contribution is -2.37. The Morgan fingerprint density at radius 1 is 1.36 bits per heavy atom. The summed E-state index contributed by atoms with van der Waals surface area (Å²) in [6.07, 6.45) is 4.92. The summed E-state index contributed by atoms with van der Waals surface area (Å²) in [7, 11) is 1.65. The maximum Gasteiger partial charge on any atom is 0.188 e. The first-order chi connectivity index (χ1) is 10.7. The van der Waals surface area contributed by atoms with Crippen LogP contribution in [0.3, 0.4) is 0 Å². The number of rotatable bonds is 8. The minimum atomic E-state index is 0.511. The van der Waals surface area contributed by atoms with E-state index in [0.29, 0.717) is 19.1 Å². The van der Waals surface area contributed by atoms with E-state index in [1.807, 2.05) is 18.2 Å². The molecule has 0 radical (unpaired) electrons. The molecule has 0 spiro atoms. The Kier molecular flexibility index (Phi) is 6.37. The summed E-state index contributed by atoms with van der Waals surface area (Å²) in [5.41, 5.74) is 6.95. The first-order valence-electron chi connectivity index (χ1n) is 8.06. The van der Waals surface area contributed by atoms with Gasteiger partial charge in [0.2, 0.25) is 0 Å². The molecule has 1 aromatic carbocycles. The van der Waals surface area contributed by atoms with Gasteiger partial charge in [-0.05, 0) is 42.9 Å². The third-order valence-electron chi connectivity index (χ3n) is 3.92. The molecule has 1 fully saturated rings. The van der Waals surface area contributed by atoms with Gasteiger partial charge in [-0.2, -0.15) is 0 Å². The summed E-state index contributed by atoms with van der Waals surface area (Å²) < 4.78 is 11.0. The molecule has 0 unspecified atom stereocenters. The molecule has 0 bridgehead atoms. The largest absolute Gasteiger partial charge is 0.493 e. The smallest absolute Gasteiger partial charge is 0.188 e. The standard InChI is InChI=1S/C17H27N3O2/c1-3-9-22-15-8-7-14(10-16(15)21-2)12-20-17(18)19-11-13-5-4-6-13/h7-8,10,13H,3-6,9,11-12H2,1-2H3,(H3,18,19,20). The molecule has 1 aromatic rings. The second-order valence-electron chi connectivity index (χ2n) is 5.71. The topological polar surface area (TPSA) is 68.9 Å². The van der Waals surface area contributed by atoms with Crippen LogP contribution in [0.5, 0.6) is 11.5 Å². The zero-order valence-electron chi connectivity index (χ0n) is 13.6. The average molecular weight is 305 g/mol. The molecule has 0 aliphatic heterocycles. The van der Waals surface area contributed by atoms with E-state index >= 15 is 0 Å². The molecule has 5 nitrogen and oxygen atoms in total. The van der Waals surface area contributed by atoms with Gasteiger partial charge < -0.3 is 20.5 Å². The average Bonchev–Trinajstić information content (AvgIpc) is 2.49. The normalized spacial score (nSPS) is 15.3. The fraction of sp³-hybridized carbons (Fsp3) is 0.588. The molecule has 3 N–H and O–H groups in total. The number of guanidine groups is 1. The molecule has 0 aromatic heterocycles. The Hall–Kier alpha value is -1.91. The van der Waals surface area contributed by atoms with E-state index in [0.717, 1.165) is 35.9 Å². The first-order valence-corrected chi connectivity index (χ1v) is 8.06. The number of benzene rings is 1. The van der Waals surface area contributed by atoms with Crippen molar-refractivity contribution in [1.82, 2.24) is 5.32 Å². The molecule has 5 heteroatoms. The molecular weight excluding hydrogens is 278 g/mol. The van der Waals surface area contributed by atoms with E-state index in [4.69, 9.17) is 15.2 Å². The molecule has 1 saturated carbocycles. The van der Waals surface area contributed by atoms with Crippen LogP contribution in [0, 0.1) is 5.92 Å². The van der Waals surface area contributed by atoms with Crippen LogP contribution in [0.15, 0.2) is 23.2 Å². The van der Waals surface area contributed by atoms with Gasteiger partial charge >= 0.3 is 0 Å². The monoisotopic (exact) mass is 305 g/mol. The van der Waals surface area contributed by atoms with E-state index < -0.39 is 0 Å². The Balaban J connectivity index is 1.88. The Bertz CT molecular complexity index is 499. The van der Waals surface area contributed by atoms with Crippen molar-refractivity contribution in [2.24, 2.45) is 16.6 Å². The molecule has 1 aliphatic rings. The third kappa shape index (κ3) is 4.83. The number of aliphatic imine (C=N–C) groups is 1. The van der Waals surface area contributed by atoms with Crippen molar-refractivity contribution < 1.29 is 9.47 Å². The second-order valence-corrected chi connectivity index (χ2v) is 5.71. The van der Waals surface area contributed by atoms with Gasteiger partial charge in [0.05, 0.1) is 20.3 Å². The lowest BCUT2D eigenvalue weighted by atomic mass is 9.85. The van der Waals surface area contributed by atoms with E-state index in [2.05, 4.69) is 17.2 Å². The number of hydrogen-bond acceptors (Lipinski definition) is 3. The van der Waals surface area contributed by atoms with Crippen molar-refractivity contribution in [3.63, 3.8) is 0 Å². The quantitative estimate of drug-likeness (QED) is 0.572. The summed E-state index contributed by atoms with van der Waals surface area (Å²) >= 11 is 0. The molecule has 2 rings (SSSR count). The number of nitrogens with one attached hydrogen (secondary N) is 1. The fourth-order valence-corrected chi connectivity index (χ4v) is 2.32. The molecule has 0 saturated heterocycles. The SMILES string of the molecule is CCCOc1ccc(CN=C(N)NCC2CCC2)cc1OC. The van der Waals surface area contributed by atoms with Crippen LogP contribution in [-0.2, 0) is 6.54 Å². The summed E-state index contributed by atoms with van der Waals surface area (Å²) in [5.74, 6) is 2.79. The molecule has 122 valence electrons. The molecular formula is C17H27N3O2. The number of nitrogens with zero attached hydrogens (tertiary/aromatic N) is 1. The minimum absolute atomic E-state index is 0.511. The Morgan fingerprint density at radius 3 is 2.82 bits per heavy atom. The van der Waals surface area contributed by atoms with Crippen LogP contribution in [0.25, 0.3) is 0 Å². The lowest BCUT2D eigenvalue weighted by Gasteiger charge is -2.25. The lowest BCUT2D eigenvalue weighted by molar-refractivity contribution is 0.294. The van der Waals surface area contributed by atoms with Gasteiger partial charge in [0.1, 0.15) is 0 Å². The number of methoxy groups -OCH3 is 1. The van der Waals surface area contributed by atoms with Gasteiger partial charge in [-0.15, -0.1) is 0 Å². The highest BCUT2D eigenvalue weighted by atomic mass is 16.5. The van der Waals surface area contributed by atoms with Gasteiger partial charge in [0.25, 0.3) is 0 Å². The summed E-state index contributed by atoms with van der Waals surface area (Å²) in [6.45, 7) is 4.23. The molecule has 0 atom stereocenters. The van der Waals surface area contributed by atoms with Crippen LogP contribution in [-0.4, -0.2) is 26.2 Å². The van der Waals surface area contributed by atoms with Crippen LogP contribution in [0.1, 0.15) is 38.2 Å². The highest BCUT2D eigenvalue weighted by Crippen LogP contribution is 2.28. The zero-order valence-corrected chi connectivity index (χ0v) is 13.6. The summed E-state index contributed by atoms with van der Waals surface area (Å²) in [6, 6.07) is 5.88. The third-order valence-corrected chi connectivity index (χ3v) is 3.92. The van der Waals surface area contributed by atoms with Gasteiger partial charge in [-0.1, -0.05) is 19.4 Å². The van der Waals surface area contributed by atoms with Gasteiger partial charge in [0.15, 0.2) is 17.5 Å². The summed E-state index contributed by atoms with van der Waals surface area (Å²) in [4.78, 5) is 4.38.